The molecule has 13 heavy (non-hydrogen) atoms. The van der Waals surface area contributed by atoms with Gasteiger partial charge < -0.3 is 9.47 Å². The van der Waals surface area contributed by atoms with Gasteiger partial charge in [-0.25, -0.2) is 0 Å². The van der Waals surface area contributed by atoms with Crippen LogP contribution in [0.5, 0.6) is 0 Å². The average molecular weight is 177 g/mol. The van der Waals surface area contributed by atoms with Gasteiger partial charge >= 0.3 is 0 Å². The molecule has 1 aromatic rings. The van der Waals surface area contributed by atoms with Gasteiger partial charge in [0, 0.05) is 6.42 Å². The number of hydrogen-bond acceptors (Lipinski definition) is 2. The predicted octanol–water partition coefficient (Wildman–Crippen LogP) is 1.81. The summed E-state index contributed by atoms with van der Waals surface area (Å²) in [4.78, 5) is 0. The molecule has 1 aromatic carbocycles. The van der Waals surface area contributed by atoms with Crippen LogP contribution < -0.4 is 0 Å². The van der Waals surface area contributed by atoms with E-state index in [1.165, 1.54) is 5.56 Å². The zero-order valence-corrected chi connectivity index (χ0v) is 7.48. The van der Waals surface area contributed by atoms with Crippen molar-refractivity contribution in [2.24, 2.45) is 0 Å². The molecule has 69 valence electrons. The Labute approximate surface area is 78.5 Å². The number of hydrogen-bond donors (Lipinski definition) is 0. The summed E-state index contributed by atoms with van der Waals surface area (Å²) >= 11 is 0. The summed E-state index contributed by atoms with van der Waals surface area (Å²) in [7, 11) is 0. The largest absolute Gasteiger partial charge is 0.373 e. The topological polar surface area (TPSA) is 18.5 Å². The molecule has 1 heterocycles. The molecule has 0 aliphatic carbocycles. The highest BCUT2D eigenvalue weighted by molar-refractivity contribution is 5.16. The lowest BCUT2D eigenvalue weighted by atomic mass is 10.1. The lowest BCUT2D eigenvalue weighted by molar-refractivity contribution is -0.0488. The van der Waals surface area contributed by atoms with Crippen LogP contribution in [0.2, 0.25) is 0 Å². The highest BCUT2D eigenvalue weighted by Crippen LogP contribution is 2.11. The van der Waals surface area contributed by atoms with Crippen LogP contribution in [-0.4, -0.2) is 19.3 Å². The number of ether oxygens (including phenoxy) is 2. The minimum Gasteiger partial charge on any atom is -0.373 e. The van der Waals surface area contributed by atoms with E-state index in [1.807, 2.05) is 18.2 Å². The van der Waals surface area contributed by atoms with Gasteiger partial charge in [0.1, 0.15) is 6.61 Å². The molecule has 0 aromatic heterocycles. The Hall–Kier alpha value is -0.860. The first kappa shape index (κ1) is 8.73. The second kappa shape index (κ2) is 4.40. The molecule has 2 nitrogen and oxygen atoms in total. The molecule has 0 amide bonds. The molecular formula is C11H13O2. The van der Waals surface area contributed by atoms with E-state index >= 15 is 0 Å². The minimum absolute atomic E-state index is 0.121. The molecule has 0 bridgehead atoms. The molecule has 1 aliphatic heterocycles. The van der Waals surface area contributed by atoms with Crippen molar-refractivity contribution in [3.8, 4) is 0 Å². The third-order valence-electron chi connectivity index (χ3n) is 2.06. The Morgan fingerprint density at radius 2 is 2.00 bits per heavy atom. The summed E-state index contributed by atoms with van der Waals surface area (Å²) in [6, 6.07) is 10.3. The molecule has 0 N–H and O–H groups in total. The Balaban J connectivity index is 1.90. The second-order valence-electron chi connectivity index (χ2n) is 3.11. The first-order chi connectivity index (χ1) is 6.45. The van der Waals surface area contributed by atoms with Crippen LogP contribution in [-0.2, 0) is 15.9 Å². The molecule has 1 radical (unpaired) electrons. The zero-order chi connectivity index (χ0) is 8.93. The first-order valence-corrected chi connectivity index (χ1v) is 4.55. The normalized spacial score (nSPS) is 22.9. The monoisotopic (exact) mass is 177 g/mol. The minimum atomic E-state index is 0.121. The van der Waals surface area contributed by atoms with Gasteiger partial charge in [-0.3, -0.25) is 0 Å². The van der Waals surface area contributed by atoms with Crippen LogP contribution in [0.1, 0.15) is 5.56 Å². The fraction of sp³-hybridized carbons (Fsp3) is 0.364. The summed E-state index contributed by atoms with van der Waals surface area (Å²) in [5, 5.41) is 0. The summed E-state index contributed by atoms with van der Waals surface area (Å²) in [6.45, 7) is 3.18. The van der Waals surface area contributed by atoms with Crippen molar-refractivity contribution in [1.82, 2.24) is 0 Å². The van der Waals surface area contributed by atoms with E-state index in [-0.39, 0.29) is 6.10 Å². The van der Waals surface area contributed by atoms with Crippen molar-refractivity contribution in [3.05, 3.63) is 42.5 Å². The Morgan fingerprint density at radius 1 is 1.15 bits per heavy atom. The van der Waals surface area contributed by atoms with Crippen LogP contribution in [0.25, 0.3) is 0 Å². The molecular weight excluding hydrogens is 164 g/mol. The van der Waals surface area contributed by atoms with E-state index in [0.29, 0.717) is 13.2 Å². The molecule has 0 saturated carbocycles. The second-order valence-corrected chi connectivity index (χ2v) is 3.11. The van der Waals surface area contributed by atoms with Crippen LogP contribution >= 0.6 is 0 Å². The van der Waals surface area contributed by atoms with Crippen molar-refractivity contribution in [1.29, 1.82) is 0 Å². The lowest BCUT2D eigenvalue weighted by Gasteiger charge is -2.22. The smallest absolute Gasteiger partial charge is 0.113 e. The fourth-order valence-corrected chi connectivity index (χ4v) is 1.42. The zero-order valence-electron chi connectivity index (χ0n) is 7.48. The van der Waals surface area contributed by atoms with Gasteiger partial charge in [0.2, 0.25) is 0 Å². The van der Waals surface area contributed by atoms with E-state index in [2.05, 4.69) is 12.1 Å². The van der Waals surface area contributed by atoms with E-state index in [4.69, 9.17) is 9.47 Å². The SMILES string of the molecule is [CH]1OCCOC1Cc1ccccc1. The highest BCUT2D eigenvalue weighted by atomic mass is 16.6. The molecule has 1 atom stereocenters. The lowest BCUT2D eigenvalue weighted by Crippen LogP contribution is -2.26. The van der Waals surface area contributed by atoms with Gasteiger partial charge in [0.15, 0.2) is 0 Å². The quantitative estimate of drug-likeness (QED) is 0.686. The van der Waals surface area contributed by atoms with Gasteiger partial charge in [-0.1, -0.05) is 30.3 Å². The fourth-order valence-electron chi connectivity index (χ4n) is 1.42. The summed E-state index contributed by atoms with van der Waals surface area (Å²) < 4.78 is 10.7. The van der Waals surface area contributed by atoms with Crippen LogP contribution in [0.4, 0.5) is 0 Å². The van der Waals surface area contributed by atoms with E-state index in [0.717, 1.165) is 6.42 Å². The molecule has 1 unspecified atom stereocenters. The molecule has 0 spiro atoms. The van der Waals surface area contributed by atoms with E-state index < -0.39 is 0 Å². The summed E-state index contributed by atoms with van der Waals surface area (Å²) in [5.74, 6) is 0. The molecule has 2 rings (SSSR count). The standard InChI is InChI=1S/C11H13O2/c1-2-4-10(5-3-1)8-11-9-12-6-7-13-11/h1-5,9,11H,6-8H2. The van der Waals surface area contributed by atoms with Gasteiger partial charge in [-0.2, -0.15) is 0 Å². The van der Waals surface area contributed by atoms with Crippen molar-refractivity contribution in [3.63, 3.8) is 0 Å². The van der Waals surface area contributed by atoms with Crippen LogP contribution in [0, 0.1) is 6.61 Å². The Kier molecular flexibility index (Phi) is 2.95. The van der Waals surface area contributed by atoms with Crippen molar-refractivity contribution >= 4 is 0 Å². The maximum atomic E-state index is 5.50. The van der Waals surface area contributed by atoms with Crippen LogP contribution in [0.15, 0.2) is 30.3 Å². The van der Waals surface area contributed by atoms with Gasteiger partial charge in [0.25, 0.3) is 0 Å². The molecule has 1 saturated heterocycles. The average Bonchev–Trinajstić information content (AvgIpc) is 2.21. The van der Waals surface area contributed by atoms with E-state index in [1.54, 1.807) is 6.61 Å². The third-order valence-corrected chi connectivity index (χ3v) is 2.06. The number of benzene rings is 1. The Bertz CT molecular complexity index is 240. The maximum absolute atomic E-state index is 5.50. The van der Waals surface area contributed by atoms with Crippen molar-refractivity contribution in [2.75, 3.05) is 13.2 Å². The van der Waals surface area contributed by atoms with Gasteiger partial charge in [-0.05, 0) is 5.56 Å². The third kappa shape index (κ3) is 2.54. The van der Waals surface area contributed by atoms with E-state index in [9.17, 15) is 0 Å². The summed E-state index contributed by atoms with van der Waals surface area (Å²) in [6.07, 6.45) is 1.03. The van der Waals surface area contributed by atoms with Crippen molar-refractivity contribution in [2.45, 2.75) is 12.5 Å². The van der Waals surface area contributed by atoms with Crippen LogP contribution in [0.3, 0.4) is 0 Å². The predicted molar refractivity (Wildman–Crippen MR) is 50.1 cm³/mol. The van der Waals surface area contributed by atoms with Gasteiger partial charge in [-0.15, -0.1) is 0 Å². The molecule has 1 fully saturated rings. The maximum Gasteiger partial charge on any atom is 0.113 e. The highest BCUT2D eigenvalue weighted by Gasteiger charge is 2.14. The molecule has 1 aliphatic rings. The first-order valence-electron chi connectivity index (χ1n) is 4.55. The van der Waals surface area contributed by atoms with Gasteiger partial charge in [0.05, 0.1) is 19.3 Å². The Morgan fingerprint density at radius 3 is 2.69 bits per heavy atom. The van der Waals surface area contributed by atoms with Crippen molar-refractivity contribution < 1.29 is 9.47 Å². The molecule has 2 heteroatoms. The summed E-state index contributed by atoms with van der Waals surface area (Å²) in [5.41, 5.74) is 1.29. The number of rotatable bonds is 2.